The maximum atomic E-state index is 14.9. The first-order chi connectivity index (χ1) is 17.4. The molecule has 0 aliphatic carbocycles. The van der Waals surface area contributed by atoms with Crippen molar-refractivity contribution >= 4 is 33.8 Å². The molecular formula is C25H34F2NO6S3-. The van der Waals surface area contributed by atoms with E-state index in [4.69, 9.17) is 14.2 Å². The Labute approximate surface area is 226 Å². The van der Waals surface area contributed by atoms with Crippen molar-refractivity contribution in [2.45, 2.75) is 56.9 Å². The molecule has 2 saturated heterocycles. The van der Waals surface area contributed by atoms with Gasteiger partial charge >= 0.3 is 0 Å². The number of ether oxygens (including phenoxy) is 3. The summed E-state index contributed by atoms with van der Waals surface area (Å²) in [5, 5.41) is 1.74. The van der Waals surface area contributed by atoms with E-state index in [2.05, 4.69) is 25.5 Å². The monoisotopic (exact) mass is 578 g/mol. The SMILES string of the molecule is CC(=CS(=O)NC1(CSCCC2OCCC3(S(=O)[O-])c4c(F)ccc(F)c4OCC23)COC1)C(C)(C)C. The van der Waals surface area contributed by atoms with Crippen LogP contribution in [0.25, 0.3) is 0 Å². The number of allylic oxidation sites excluding steroid dienone is 1. The Bertz CT molecular complexity index is 1090. The fourth-order valence-electron chi connectivity index (χ4n) is 4.90. The van der Waals surface area contributed by atoms with E-state index in [1.807, 2.05) is 6.92 Å². The summed E-state index contributed by atoms with van der Waals surface area (Å²) in [6.07, 6.45) is 0.0433. The van der Waals surface area contributed by atoms with Crippen LogP contribution in [0.2, 0.25) is 0 Å². The molecule has 4 rings (SSSR count). The van der Waals surface area contributed by atoms with Crippen LogP contribution in [0.1, 0.15) is 46.1 Å². The number of thioether (sulfide) groups is 1. The Hall–Kier alpha value is -0.890. The van der Waals surface area contributed by atoms with Gasteiger partial charge in [0.25, 0.3) is 0 Å². The van der Waals surface area contributed by atoms with Crippen molar-refractivity contribution in [1.82, 2.24) is 4.72 Å². The van der Waals surface area contributed by atoms with Crippen LogP contribution in [0.4, 0.5) is 8.78 Å². The van der Waals surface area contributed by atoms with Gasteiger partial charge < -0.3 is 18.8 Å². The zero-order valence-electron chi connectivity index (χ0n) is 21.5. The van der Waals surface area contributed by atoms with Crippen molar-refractivity contribution in [2.24, 2.45) is 11.3 Å². The van der Waals surface area contributed by atoms with Crippen molar-refractivity contribution in [2.75, 3.05) is 37.9 Å². The summed E-state index contributed by atoms with van der Waals surface area (Å²) in [6.45, 7) is 9.11. The first-order valence-corrected chi connectivity index (χ1v) is 15.7. The van der Waals surface area contributed by atoms with Gasteiger partial charge in [0, 0.05) is 23.7 Å². The standard InChI is InChI=1S/C25H35F2NO6S3/c1-16(23(2,3)4)12-36(29)28-24(13-32-14-24)15-35-10-7-20-17-11-34-22-19(27)6-5-18(26)21(22)25(17,37(30)31)8-9-33-20/h5-6,12,17,20,28H,7-11,13-15H2,1-4H3,(H,30,31)/p-1. The summed E-state index contributed by atoms with van der Waals surface area (Å²) >= 11 is -1.08. The lowest BCUT2D eigenvalue weighted by molar-refractivity contribution is -0.0735. The van der Waals surface area contributed by atoms with Crippen LogP contribution in [0, 0.1) is 23.0 Å². The molecule has 0 bridgehead atoms. The maximum absolute atomic E-state index is 14.9. The molecule has 5 unspecified atom stereocenters. The summed E-state index contributed by atoms with van der Waals surface area (Å²) in [7, 11) is -1.35. The molecule has 12 heteroatoms. The number of fused-ring (bicyclic) bond motifs is 3. The second-order valence-corrected chi connectivity index (χ2v) is 14.3. The lowest BCUT2D eigenvalue weighted by Gasteiger charge is -2.51. The fourth-order valence-corrected chi connectivity index (χ4v) is 8.59. The Morgan fingerprint density at radius 2 is 1.97 bits per heavy atom. The number of rotatable bonds is 9. The highest BCUT2D eigenvalue weighted by molar-refractivity contribution is 7.99. The summed E-state index contributed by atoms with van der Waals surface area (Å²) < 4.78 is 85.6. The van der Waals surface area contributed by atoms with Crippen molar-refractivity contribution in [3.05, 3.63) is 40.3 Å². The lowest BCUT2D eigenvalue weighted by atomic mass is 9.75. The highest BCUT2D eigenvalue weighted by Gasteiger charge is 2.54. The molecule has 0 radical (unpaired) electrons. The van der Waals surface area contributed by atoms with Crippen LogP contribution in [-0.4, -0.2) is 62.5 Å². The Morgan fingerprint density at radius 1 is 1.27 bits per heavy atom. The minimum absolute atomic E-state index is 0.0336. The smallest absolute Gasteiger partial charge is 0.165 e. The van der Waals surface area contributed by atoms with Gasteiger partial charge in [-0.3, -0.25) is 4.21 Å². The molecular weight excluding hydrogens is 544 g/mol. The van der Waals surface area contributed by atoms with Gasteiger partial charge in [-0.05, 0) is 54.1 Å². The molecule has 0 saturated carbocycles. The predicted octanol–water partition coefficient (Wildman–Crippen LogP) is 3.93. The molecule has 208 valence electrons. The van der Waals surface area contributed by atoms with Gasteiger partial charge in [0.05, 0.1) is 41.8 Å². The third-order valence-electron chi connectivity index (χ3n) is 7.51. The fraction of sp³-hybridized carbons (Fsp3) is 0.680. The average Bonchev–Trinajstić information content (AvgIpc) is 2.80. The van der Waals surface area contributed by atoms with E-state index >= 15 is 0 Å². The average molecular weight is 579 g/mol. The van der Waals surface area contributed by atoms with E-state index in [9.17, 15) is 21.8 Å². The van der Waals surface area contributed by atoms with Gasteiger partial charge in [0.15, 0.2) is 11.6 Å². The minimum Gasteiger partial charge on any atom is -0.772 e. The van der Waals surface area contributed by atoms with E-state index in [0.717, 1.165) is 17.7 Å². The maximum Gasteiger partial charge on any atom is 0.165 e. The third-order valence-corrected chi connectivity index (χ3v) is 11.3. The van der Waals surface area contributed by atoms with Crippen LogP contribution < -0.4 is 9.46 Å². The molecule has 1 aromatic rings. The van der Waals surface area contributed by atoms with Crippen LogP contribution in [0.3, 0.4) is 0 Å². The van der Waals surface area contributed by atoms with Crippen molar-refractivity contribution in [1.29, 1.82) is 0 Å². The van der Waals surface area contributed by atoms with Gasteiger partial charge in [-0.15, -0.1) is 0 Å². The number of hydrogen-bond donors (Lipinski definition) is 1. The van der Waals surface area contributed by atoms with E-state index in [1.165, 1.54) is 0 Å². The zero-order chi connectivity index (χ0) is 27.0. The Morgan fingerprint density at radius 3 is 2.59 bits per heavy atom. The van der Waals surface area contributed by atoms with Gasteiger partial charge in [-0.1, -0.05) is 26.3 Å². The molecule has 3 aliphatic rings. The summed E-state index contributed by atoms with van der Waals surface area (Å²) in [5.74, 6) is -1.27. The Kier molecular flexibility index (Phi) is 8.89. The minimum atomic E-state index is -2.71. The highest BCUT2D eigenvalue weighted by Crippen LogP contribution is 2.52. The predicted molar refractivity (Wildman–Crippen MR) is 140 cm³/mol. The van der Waals surface area contributed by atoms with Gasteiger partial charge in [-0.25, -0.2) is 17.7 Å². The molecule has 5 atom stereocenters. The number of nitrogens with one attached hydrogen (secondary N) is 1. The molecule has 37 heavy (non-hydrogen) atoms. The highest BCUT2D eigenvalue weighted by atomic mass is 32.2. The third kappa shape index (κ3) is 5.85. The summed E-state index contributed by atoms with van der Waals surface area (Å²) in [6, 6.07) is 1.90. The molecule has 0 spiro atoms. The van der Waals surface area contributed by atoms with Crippen LogP contribution in [0.15, 0.2) is 23.1 Å². The number of benzene rings is 1. The van der Waals surface area contributed by atoms with Crippen molar-refractivity contribution in [3.63, 3.8) is 0 Å². The van der Waals surface area contributed by atoms with Crippen molar-refractivity contribution in [3.8, 4) is 5.75 Å². The van der Waals surface area contributed by atoms with E-state index in [1.54, 1.807) is 17.2 Å². The lowest BCUT2D eigenvalue weighted by Crippen LogP contribution is -2.62. The van der Waals surface area contributed by atoms with Crippen molar-refractivity contribution < 1.29 is 36.0 Å². The van der Waals surface area contributed by atoms with E-state index in [0.29, 0.717) is 31.1 Å². The zero-order valence-corrected chi connectivity index (χ0v) is 23.9. The normalized spacial score (nSPS) is 28.9. The van der Waals surface area contributed by atoms with Gasteiger partial charge in [0.2, 0.25) is 0 Å². The molecule has 3 heterocycles. The second-order valence-electron chi connectivity index (χ2n) is 11.0. The Balaban J connectivity index is 1.40. The van der Waals surface area contributed by atoms with Crippen LogP contribution in [0.5, 0.6) is 5.75 Å². The first-order valence-electron chi connectivity index (χ1n) is 12.2. The molecule has 3 aliphatic heterocycles. The molecule has 0 amide bonds. The molecule has 0 aromatic heterocycles. The van der Waals surface area contributed by atoms with E-state index < -0.39 is 56.0 Å². The first kappa shape index (κ1) is 29.1. The topological polar surface area (TPSA) is 96.9 Å². The van der Waals surface area contributed by atoms with Crippen LogP contribution in [-0.2, 0) is 36.3 Å². The molecule has 2 fully saturated rings. The molecule has 7 nitrogen and oxygen atoms in total. The van der Waals surface area contributed by atoms with Gasteiger partial charge in [-0.2, -0.15) is 11.8 Å². The quantitative estimate of drug-likeness (QED) is 0.350. The van der Waals surface area contributed by atoms with Gasteiger partial charge in [0.1, 0.15) is 16.8 Å². The molecule has 1 aromatic carbocycles. The van der Waals surface area contributed by atoms with E-state index in [-0.39, 0.29) is 36.4 Å². The van der Waals surface area contributed by atoms with Crippen LogP contribution >= 0.6 is 11.8 Å². The second kappa shape index (κ2) is 11.3. The largest absolute Gasteiger partial charge is 0.772 e. The summed E-state index contributed by atoms with van der Waals surface area (Å²) in [5.41, 5.74) is 0.318. The summed E-state index contributed by atoms with van der Waals surface area (Å²) in [4.78, 5) is 0. The molecule has 1 N–H and O–H groups in total. The number of hydrogen-bond acceptors (Lipinski definition) is 7. The number of halogens is 2.